The average Bonchev–Trinajstić information content (AvgIpc) is 3.25. The fourth-order valence-electron chi connectivity index (χ4n) is 3.13. The molecule has 154 valence electrons. The monoisotopic (exact) mass is 409 g/mol. The van der Waals surface area contributed by atoms with E-state index in [1.54, 1.807) is 11.1 Å². The Morgan fingerprint density at radius 2 is 1.90 bits per heavy atom. The quantitative estimate of drug-likeness (QED) is 0.498. The van der Waals surface area contributed by atoms with E-state index < -0.39 is 10.8 Å². The molecular formula is C19H19N7O4. The lowest BCUT2D eigenvalue weighted by atomic mass is 10.2. The predicted octanol–water partition coefficient (Wildman–Crippen LogP) is 2.39. The molecule has 4 heterocycles. The van der Waals surface area contributed by atoms with Crippen molar-refractivity contribution in [3.63, 3.8) is 0 Å². The number of carbonyl (C=O) groups is 1. The summed E-state index contributed by atoms with van der Waals surface area (Å²) in [6, 6.07) is 10.0. The smallest absolute Gasteiger partial charge is 0.395 e. The summed E-state index contributed by atoms with van der Waals surface area (Å²) < 4.78 is 5.00. The Kier molecular flexibility index (Phi) is 5.24. The van der Waals surface area contributed by atoms with Gasteiger partial charge in [0.2, 0.25) is 0 Å². The first-order valence-corrected chi connectivity index (χ1v) is 9.31. The third-order valence-electron chi connectivity index (χ3n) is 4.70. The van der Waals surface area contributed by atoms with Gasteiger partial charge in [-0.15, -0.1) is 10.2 Å². The van der Waals surface area contributed by atoms with Crippen molar-refractivity contribution in [3.8, 4) is 0 Å². The van der Waals surface area contributed by atoms with E-state index in [-0.39, 0.29) is 11.7 Å². The van der Waals surface area contributed by atoms with Crippen LogP contribution < -0.4 is 10.2 Å². The zero-order chi connectivity index (χ0) is 21.1. The van der Waals surface area contributed by atoms with Gasteiger partial charge in [-0.2, -0.15) is 0 Å². The fraction of sp³-hybridized carbons (Fsp3) is 0.263. The van der Waals surface area contributed by atoms with Crippen LogP contribution in [0.1, 0.15) is 16.1 Å². The van der Waals surface area contributed by atoms with E-state index in [9.17, 15) is 14.9 Å². The minimum Gasteiger partial charge on any atom is -0.395 e. The molecule has 11 nitrogen and oxygen atoms in total. The highest BCUT2D eigenvalue weighted by Gasteiger charge is 2.26. The topological polar surface area (TPSA) is 131 Å². The van der Waals surface area contributed by atoms with Gasteiger partial charge in [0.1, 0.15) is 10.7 Å². The van der Waals surface area contributed by atoms with Crippen LogP contribution in [0, 0.1) is 17.0 Å². The van der Waals surface area contributed by atoms with Crippen molar-refractivity contribution in [2.75, 3.05) is 36.4 Å². The Balaban J connectivity index is 1.34. The summed E-state index contributed by atoms with van der Waals surface area (Å²) in [5, 5.41) is 22.3. The molecule has 1 aliphatic heterocycles. The van der Waals surface area contributed by atoms with Gasteiger partial charge in [0, 0.05) is 32.4 Å². The Labute approximate surface area is 171 Å². The summed E-state index contributed by atoms with van der Waals surface area (Å²) in [6.45, 7) is 4.01. The number of hydrogen-bond acceptors (Lipinski definition) is 9. The third-order valence-corrected chi connectivity index (χ3v) is 4.70. The summed E-state index contributed by atoms with van der Waals surface area (Å²) in [7, 11) is 0. The van der Waals surface area contributed by atoms with Gasteiger partial charge in [-0.25, -0.2) is 4.98 Å². The van der Waals surface area contributed by atoms with Crippen LogP contribution in [0.4, 0.5) is 23.3 Å². The van der Waals surface area contributed by atoms with Gasteiger partial charge in [-0.3, -0.25) is 14.9 Å². The second-order valence-electron chi connectivity index (χ2n) is 6.79. The lowest BCUT2D eigenvalue weighted by Gasteiger charge is -2.34. The zero-order valence-corrected chi connectivity index (χ0v) is 16.2. The standard InChI is InChI=1S/C19H19N7O4/c1-13-6-7-20-16(12-13)21-15-3-4-17(23-22-15)24-8-10-25(11-9-24)19(27)14-2-5-18(30-14)26(28)29/h2-7,12H,8-11H2,1H3,(H,20,21,22). The minimum absolute atomic E-state index is 0.0323. The molecule has 0 spiro atoms. The molecule has 3 aromatic rings. The van der Waals surface area contributed by atoms with Crippen LogP contribution in [0.2, 0.25) is 0 Å². The number of carbonyl (C=O) groups excluding carboxylic acids is 1. The third kappa shape index (κ3) is 4.19. The zero-order valence-electron chi connectivity index (χ0n) is 16.2. The molecule has 0 aliphatic carbocycles. The highest BCUT2D eigenvalue weighted by atomic mass is 16.6. The van der Waals surface area contributed by atoms with Gasteiger partial charge in [0.25, 0.3) is 5.91 Å². The number of aryl methyl sites for hydroxylation is 1. The molecule has 0 aromatic carbocycles. The van der Waals surface area contributed by atoms with Gasteiger partial charge in [-0.1, -0.05) is 0 Å². The number of nitro groups is 1. The number of amides is 1. The number of rotatable bonds is 5. The van der Waals surface area contributed by atoms with Crippen LogP contribution in [0.25, 0.3) is 0 Å². The molecule has 1 amide bonds. The molecular weight excluding hydrogens is 390 g/mol. The molecule has 1 fully saturated rings. The van der Waals surface area contributed by atoms with Gasteiger partial charge >= 0.3 is 5.88 Å². The molecule has 30 heavy (non-hydrogen) atoms. The van der Waals surface area contributed by atoms with Crippen molar-refractivity contribution in [2.24, 2.45) is 0 Å². The Hall–Kier alpha value is -4.02. The minimum atomic E-state index is -0.666. The van der Waals surface area contributed by atoms with Crippen molar-refractivity contribution in [2.45, 2.75) is 6.92 Å². The lowest BCUT2D eigenvalue weighted by molar-refractivity contribution is -0.402. The van der Waals surface area contributed by atoms with E-state index in [0.717, 1.165) is 5.56 Å². The number of anilines is 3. The number of aromatic nitrogens is 3. The predicted molar refractivity (Wildman–Crippen MR) is 108 cm³/mol. The van der Waals surface area contributed by atoms with Crippen LogP contribution in [-0.2, 0) is 0 Å². The molecule has 0 unspecified atom stereocenters. The van der Waals surface area contributed by atoms with Crippen LogP contribution in [-0.4, -0.2) is 57.1 Å². The molecule has 3 aromatic heterocycles. The van der Waals surface area contributed by atoms with Crippen LogP contribution in [0.3, 0.4) is 0 Å². The first-order chi connectivity index (χ1) is 14.5. The second-order valence-corrected chi connectivity index (χ2v) is 6.79. The van der Waals surface area contributed by atoms with Crippen molar-refractivity contribution >= 4 is 29.2 Å². The van der Waals surface area contributed by atoms with E-state index in [2.05, 4.69) is 20.5 Å². The van der Waals surface area contributed by atoms with E-state index in [1.165, 1.54) is 12.1 Å². The van der Waals surface area contributed by atoms with Crippen molar-refractivity contribution in [3.05, 3.63) is 64.0 Å². The molecule has 0 saturated carbocycles. The summed E-state index contributed by atoms with van der Waals surface area (Å²) in [5.74, 6) is 1.15. The SMILES string of the molecule is Cc1ccnc(Nc2ccc(N3CCN(C(=O)c4ccc([N+](=O)[O-])o4)CC3)nn2)c1. The largest absolute Gasteiger partial charge is 0.433 e. The molecule has 1 aliphatic rings. The van der Waals surface area contributed by atoms with Crippen LogP contribution >= 0.6 is 0 Å². The number of piperazine rings is 1. The maximum atomic E-state index is 12.5. The van der Waals surface area contributed by atoms with Crippen molar-refractivity contribution < 1.29 is 14.1 Å². The Morgan fingerprint density at radius 1 is 1.10 bits per heavy atom. The average molecular weight is 409 g/mol. The fourth-order valence-corrected chi connectivity index (χ4v) is 3.13. The van der Waals surface area contributed by atoms with E-state index in [4.69, 9.17) is 4.42 Å². The van der Waals surface area contributed by atoms with E-state index >= 15 is 0 Å². The highest BCUT2D eigenvalue weighted by molar-refractivity contribution is 5.92. The first-order valence-electron chi connectivity index (χ1n) is 9.31. The van der Waals surface area contributed by atoms with E-state index in [0.29, 0.717) is 43.6 Å². The molecule has 0 bridgehead atoms. The van der Waals surface area contributed by atoms with Crippen LogP contribution in [0.15, 0.2) is 47.0 Å². The van der Waals surface area contributed by atoms with Gasteiger partial charge in [0.15, 0.2) is 17.4 Å². The molecule has 4 rings (SSSR count). The summed E-state index contributed by atoms with van der Waals surface area (Å²) in [6.07, 6.45) is 1.72. The number of nitrogens with one attached hydrogen (secondary N) is 1. The number of nitrogens with zero attached hydrogens (tertiary/aromatic N) is 6. The first kappa shape index (κ1) is 19.3. The van der Waals surface area contributed by atoms with Crippen molar-refractivity contribution in [1.29, 1.82) is 0 Å². The van der Waals surface area contributed by atoms with Gasteiger partial charge in [-0.05, 0) is 42.8 Å². The Bertz CT molecular complexity index is 1060. The van der Waals surface area contributed by atoms with Gasteiger partial charge < -0.3 is 19.5 Å². The van der Waals surface area contributed by atoms with Gasteiger partial charge in [0.05, 0.1) is 6.07 Å². The number of pyridine rings is 1. The highest BCUT2D eigenvalue weighted by Crippen LogP contribution is 2.20. The maximum Gasteiger partial charge on any atom is 0.433 e. The maximum absolute atomic E-state index is 12.5. The molecule has 0 radical (unpaired) electrons. The molecule has 11 heteroatoms. The summed E-state index contributed by atoms with van der Waals surface area (Å²) in [5.41, 5.74) is 1.09. The second kappa shape index (κ2) is 8.15. The Morgan fingerprint density at radius 3 is 2.53 bits per heavy atom. The molecule has 1 saturated heterocycles. The molecule has 0 atom stereocenters. The normalized spacial score (nSPS) is 13.9. The van der Waals surface area contributed by atoms with Crippen LogP contribution in [0.5, 0.6) is 0 Å². The van der Waals surface area contributed by atoms with E-state index in [1.807, 2.05) is 36.1 Å². The summed E-state index contributed by atoms with van der Waals surface area (Å²) >= 11 is 0. The summed E-state index contributed by atoms with van der Waals surface area (Å²) in [4.78, 5) is 30.4. The lowest BCUT2D eigenvalue weighted by Crippen LogP contribution is -2.49. The van der Waals surface area contributed by atoms with Crippen molar-refractivity contribution in [1.82, 2.24) is 20.1 Å². The number of hydrogen-bond donors (Lipinski definition) is 1. The number of furan rings is 1. The molecule has 1 N–H and O–H groups in total.